The van der Waals surface area contributed by atoms with Crippen molar-refractivity contribution in [1.82, 2.24) is 0 Å². The zero-order chi connectivity index (χ0) is 29.9. The first-order chi connectivity index (χ1) is 18.0. The van der Waals surface area contributed by atoms with Crippen molar-refractivity contribution >= 4 is 24.2 Å². The van der Waals surface area contributed by atoms with E-state index < -0.39 is 47.9 Å². The minimum Gasteiger partial charge on any atom is -0.458 e. The first-order valence-electron chi connectivity index (χ1n) is 13.0. The molecule has 0 spiro atoms. The summed E-state index contributed by atoms with van der Waals surface area (Å²) >= 11 is 0. The fraction of sp³-hybridized carbons (Fsp3) is 0.643. The number of benzene rings is 1. The van der Waals surface area contributed by atoms with Crippen LogP contribution in [0.5, 0.6) is 11.5 Å². The van der Waals surface area contributed by atoms with E-state index in [0.717, 1.165) is 0 Å². The Morgan fingerprint density at radius 2 is 1.26 bits per heavy atom. The number of hydrogen-bond acceptors (Lipinski definition) is 11. The molecule has 0 aliphatic carbocycles. The second kappa shape index (κ2) is 15.3. The van der Waals surface area contributed by atoms with Gasteiger partial charge in [0.05, 0.1) is 18.6 Å². The van der Waals surface area contributed by atoms with E-state index in [4.69, 9.17) is 34.2 Å². The van der Waals surface area contributed by atoms with Gasteiger partial charge in [0.15, 0.2) is 11.5 Å². The summed E-state index contributed by atoms with van der Waals surface area (Å²) in [6, 6.07) is 3.28. The molecular formula is C28H43NO10. The number of esters is 2. The fourth-order valence-electron chi connectivity index (χ4n) is 2.70. The van der Waals surface area contributed by atoms with Crippen molar-refractivity contribution in [2.45, 2.75) is 87.0 Å². The average molecular weight is 554 g/mol. The van der Waals surface area contributed by atoms with Crippen LogP contribution in [0.15, 0.2) is 18.2 Å². The molecule has 0 amide bonds. The minimum atomic E-state index is -1.08. The zero-order valence-electron chi connectivity index (χ0n) is 24.4. The maximum atomic E-state index is 12.6. The van der Waals surface area contributed by atoms with Crippen LogP contribution in [0.1, 0.15) is 67.9 Å². The van der Waals surface area contributed by atoms with Crippen molar-refractivity contribution < 1.29 is 47.6 Å². The van der Waals surface area contributed by atoms with Gasteiger partial charge in [-0.3, -0.25) is 9.59 Å². The van der Waals surface area contributed by atoms with E-state index in [2.05, 4.69) is 0 Å². The highest BCUT2D eigenvalue weighted by atomic mass is 16.7. The quantitative estimate of drug-likeness (QED) is 0.216. The zero-order valence-corrected chi connectivity index (χ0v) is 24.4. The van der Waals surface area contributed by atoms with Gasteiger partial charge in [0.2, 0.25) is 0 Å². The number of carbonyl (C=O) groups is 4. The van der Waals surface area contributed by atoms with E-state index >= 15 is 0 Å². The van der Waals surface area contributed by atoms with Gasteiger partial charge in [0, 0.05) is 0 Å². The van der Waals surface area contributed by atoms with Crippen LogP contribution < -0.4 is 15.2 Å². The molecule has 0 fully saturated rings. The lowest BCUT2D eigenvalue weighted by Gasteiger charge is -2.25. The van der Waals surface area contributed by atoms with Crippen molar-refractivity contribution in [3.8, 4) is 11.5 Å². The normalized spacial score (nSPS) is 13.7. The van der Waals surface area contributed by atoms with Gasteiger partial charge < -0.3 is 34.2 Å². The molecule has 220 valence electrons. The molecule has 1 aromatic carbocycles. The van der Waals surface area contributed by atoms with E-state index in [9.17, 15) is 19.2 Å². The molecule has 0 saturated heterocycles. The van der Waals surface area contributed by atoms with E-state index in [-0.39, 0.29) is 43.0 Å². The van der Waals surface area contributed by atoms with Crippen LogP contribution in [0.2, 0.25) is 0 Å². The summed E-state index contributed by atoms with van der Waals surface area (Å²) < 4.78 is 31.3. The predicted molar refractivity (Wildman–Crippen MR) is 142 cm³/mol. The molecule has 0 saturated carbocycles. The summed E-state index contributed by atoms with van der Waals surface area (Å²) in [7, 11) is 0. The summed E-state index contributed by atoms with van der Waals surface area (Å²) in [5, 5.41) is 0. The Morgan fingerprint density at radius 1 is 0.769 bits per heavy atom. The third-order valence-corrected chi connectivity index (χ3v) is 5.09. The van der Waals surface area contributed by atoms with Crippen molar-refractivity contribution in [2.75, 3.05) is 13.2 Å². The van der Waals surface area contributed by atoms with E-state index in [0.29, 0.717) is 5.56 Å². The molecule has 3 atom stereocenters. The van der Waals surface area contributed by atoms with Crippen molar-refractivity contribution in [2.24, 2.45) is 23.0 Å². The summed E-state index contributed by atoms with van der Waals surface area (Å²) in [4.78, 5) is 49.0. The standard InChI is InChI=1S/C28H43NO10/c1-16(2)14-34-26(32)38-22-11-10-20(13-23(22)39-27(33)35-15-17(3)4)12-21(29)24(30)36-18(5)19(6)37-25(31)28(7,8)9/h10-11,13,16-19,21H,12,14-15,29H2,1-9H3/t18-,19?,21-/m0/s1. The summed E-state index contributed by atoms with van der Waals surface area (Å²) in [6.07, 6.45) is -3.37. The van der Waals surface area contributed by atoms with Crippen molar-refractivity contribution in [3.63, 3.8) is 0 Å². The molecule has 11 heteroatoms. The Bertz CT molecular complexity index is 983. The summed E-state index contributed by atoms with van der Waals surface area (Å²) in [5.41, 5.74) is 5.86. The third-order valence-electron chi connectivity index (χ3n) is 5.09. The number of carbonyl (C=O) groups excluding carboxylic acids is 4. The fourth-order valence-corrected chi connectivity index (χ4v) is 2.70. The maximum absolute atomic E-state index is 12.6. The number of ether oxygens (including phenoxy) is 6. The molecule has 2 N–H and O–H groups in total. The first-order valence-corrected chi connectivity index (χ1v) is 13.0. The highest BCUT2D eigenvalue weighted by molar-refractivity contribution is 5.77. The van der Waals surface area contributed by atoms with Crippen LogP contribution >= 0.6 is 0 Å². The maximum Gasteiger partial charge on any atom is 0.513 e. The smallest absolute Gasteiger partial charge is 0.458 e. The lowest BCUT2D eigenvalue weighted by atomic mass is 9.97. The molecule has 0 radical (unpaired) electrons. The molecular weight excluding hydrogens is 510 g/mol. The highest BCUT2D eigenvalue weighted by Crippen LogP contribution is 2.30. The van der Waals surface area contributed by atoms with Gasteiger partial charge >= 0.3 is 24.2 Å². The predicted octanol–water partition coefficient (Wildman–Crippen LogP) is 4.81. The van der Waals surface area contributed by atoms with Gasteiger partial charge in [-0.25, -0.2) is 9.59 Å². The average Bonchev–Trinajstić information content (AvgIpc) is 2.82. The number of nitrogens with two attached hydrogens (primary N) is 1. The first kappa shape index (κ1) is 33.7. The molecule has 0 aliphatic rings. The Morgan fingerprint density at radius 3 is 1.74 bits per heavy atom. The van der Waals surface area contributed by atoms with Gasteiger partial charge in [0.25, 0.3) is 0 Å². The molecule has 1 aromatic rings. The Kier molecular flexibility index (Phi) is 13.2. The topological polar surface area (TPSA) is 150 Å². The second-order valence-electron chi connectivity index (χ2n) is 11.2. The second-order valence-corrected chi connectivity index (χ2v) is 11.2. The Hall–Kier alpha value is -3.34. The SMILES string of the molecule is CC(C)COC(=O)Oc1ccc(C[C@H](N)C(=O)O[C@@H](C)C(C)OC(=O)C(C)(C)C)cc1OC(=O)OCC(C)C. The van der Waals surface area contributed by atoms with Gasteiger partial charge in [-0.05, 0) is 70.6 Å². The van der Waals surface area contributed by atoms with Gasteiger partial charge in [-0.2, -0.15) is 0 Å². The molecule has 0 heterocycles. The largest absolute Gasteiger partial charge is 0.513 e. The van der Waals surface area contributed by atoms with Crippen LogP contribution in [-0.2, 0) is 35.0 Å². The molecule has 39 heavy (non-hydrogen) atoms. The lowest BCUT2D eigenvalue weighted by molar-refractivity contribution is -0.171. The molecule has 11 nitrogen and oxygen atoms in total. The highest BCUT2D eigenvalue weighted by Gasteiger charge is 2.29. The Labute approximate surface area is 230 Å². The van der Waals surface area contributed by atoms with Crippen LogP contribution in [0.3, 0.4) is 0 Å². The molecule has 0 aliphatic heterocycles. The van der Waals surface area contributed by atoms with Crippen LogP contribution in [-0.4, -0.2) is 55.7 Å². The van der Waals surface area contributed by atoms with E-state index in [1.807, 2.05) is 27.7 Å². The van der Waals surface area contributed by atoms with E-state index in [1.54, 1.807) is 40.7 Å². The summed E-state index contributed by atoms with van der Waals surface area (Å²) in [6.45, 7) is 16.1. The third kappa shape index (κ3) is 12.8. The molecule has 0 aromatic heterocycles. The van der Waals surface area contributed by atoms with Gasteiger partial charge in [-0.1, -0.05) is 33.8 Å². The van der Waals surface area contributed by atoms with Gasteiger partial charge in [-0.15, -0.1) is 0 Å². The number of rotatable bonds is 12. The van der Waals surface area contributed by atoms with Crippen LogP contribution in [0, 0.1) is 17.3 Å². The van der Waals surface area contributed by atoms with E-state index in [1.165, 1.54) is 12.1 Å². The monoisotopic (exact) mass is 553 g/mol. The summed E-state index contributed by atoms with van der Waals surface area (Å²) in [5.74, 6) is -1.14. The molecule has 1 rings (SSSR count). The lowest BCUT2D eigenvalue weighted by Crippen LogP contribution is -2.40. The molecule has 0 bridgehead atoms. The van der Waals surface area contributed by atoms with Crippen molar-refractivity contribution in [1.29, 1.82) is 0 Å². The van der Waals surface area contributed by atoms with Crippen LogP contribution in [0.4, 0.5) is 9.59 Å². The number of hydrogen-bond donors (Lipinski definition) is 1. The van der Waals surface area contributed by atoms with Crippen molar-refractivity contribution in [3.05, 3.63) is 23.8 Å². The van der Waals surface area contributed by atoms with Crippen LogP contribution in [0.25, 0.3) is 0 Å². The van der Waals surface area contributed by atoms with Gasteiger partial charge in [0.1, 0.15) is 18.2 Å². The minimum absolute atomic E-state index is 0.0111. The Balaban J connectivity index is 2.95. The molecule has 1 unspecified atom stereocenters.